The molecule has 3 atom stereocenters. The summed E-state index contributed by atoms with van der Waals surface area (Å²) in [5.41, 5.74) is -2.30. The Bertz CT molecular complexity index is 585. The highest BCUT2D eigenvalue weighted by Gasteiger charge is 2.75. The van der Waals surface area contributed by atoms with E-state index in [1.165, 1.54) is 14.0 Å². The molecule has 0 saturated carbocycles. The van der Waals surface area contributed by atoms with E-state index in [-0.39, 0.29) is 13.0 Å². The molecule has 0 unspecified atom stereocenters. The maximum absolute atomic E-state index is 13.8. The molecule has 1 aromatic carbocycles. The van der Waals surface area contributed by atoms with Gasteiger partial charge in [0.2, 0.25) is 0 Å². The number of halogens is 3. The molecule has 0 bridgehead atoms. The Kier molecular flexibility index (Phi) is 5.98. The molecule has 2 rings (SSSR count). The first-order valence-corrected chi connectivity index (χ1v) is 8.37. The number of benzene rings is 1. The third-order valence-corrected chi connectivity index (χ3v) is 4.51. The van der Waals surface area contributed by atoms with Crippen molar-refractivity contribution >= 4 is 5.97 Å². The third-order valence-electron chi connectivity index (χ3n) is 4.51. The van der Waals surface area contributed by atoms with Crippen LogP contribution in [0.3, 0.4) is 0 Å². The summed E-state index contributed by atoms with van der Waals surface area (Å²) in [4.78, 5) is 12.2. The van der Waals surface area contributed by atoms with Crippen molar-refractivity contribution in [2.24, 2.45) is 5.92 Å². The number of alkyl halides is 3. The van der Waals surface area contributed by atoms with Gasteiger partial charge in [0.1, 0.15) is 5.75 Å². The Morgan fingerprint density at radius 1 is 1.24 bits per heavy atom. The van der Waals surface area contributed by atoms with Crippen molar-refractivity contribution in [2.45, 2.75) is 51.0 Å². The third kappa shape index (κ3) is 3.47. The largest absolute Gasteiger partial charge is 0.497 e. The minimum atomic E-state index is -4.83. The molecule has 1 saturated heterocycles. The molecule has 1 aliphatic rings. The molecule has 1 heterocycles. The second-order valence-corrected chi connectivity index (χ2v) is 6.01. The van der Waals surface area contributed by atoms with Crippen molar-refractivity contribution in [1.82, 2.24) is 0 Å². The summed E-state index contributed by atoms with van der Waals surface area (Å²) in [6.07, 6.45) is -4.12. The molecule has 0 N–H and O–H groups in total. The van der Waals surface area contributed by atoms with Gasteiger partial charge in [-0.25, -0.2) is 4.79 Å². The minimum absolute atomic E-state index is 0.131. The zero-order chi connectivity index (χ0) is 18.7. The second-order valence-electron chi connectivity index (χ2n) is 6.01. The van der Waals surface area contributed by atoms with Crippen LogP contribution in [0.1, 0.15) is 44.8 Å². The van der Waals surface area contributed by atoms with Crippen molar-refractivity contribution < 1.29 is 32.2 Å². The second kappa shape index (κ2) is 7.64. The molecule has 0 aromatic heterocycles. The van der Waals surface area contributed by atoms with E-state index >= 15 is 0 Å². The summed E-state index contributed by atoms with van der Waals surface area (Å²) in [5.74, 6) is -1.77. The van der Waals surface area contributed by atoms with Crippen LogP contribution in [-0.2, 0) is 14.3 Å². The molecule has 140 valence electrons. The first-order chi connectivity index (χ1) is 11.8. The van der Waals surface area contributed by atoms with Crippen LogP contribution in [0.25, 0.3) is 0 Å². The van der Waals surface area contributed by atoms with Gasteiger partial charge in [-0.1, -0.05) is 31.9 Å². The van der Waals surface area contributed by atoms with Crippen LogP contribution in [0.15, 0.2) is 24.3 Å². The van der Waals surface area contributed by atoms with Gasteiger partial charge in [0.25, 0.3) is 5.60 Å². The number of methoxy groups -OCH3 is 1. The molecule has 0 amide bonds. The van der Waals surface area contributed by atoms with E-state index in [1.54, 1.807) is 24.3 Å². The predicted octanol–water partition coefficient (Wildman–Crippen LogP) is 4.44. The molecule has 1 aromatic rings. The summed E-state index contributed by atoms with van der Waals surface area (Å²) in [5, 5.41) is 0. The van der Waals surface area contributed by atoms with Crippen LogP contribution in [0.4, 0.5) is 13.2 Å². The van der Waals surface area contributed by atoms with Crippen molar-refractivity contribution in [3.8, 4) is 5.75 Å². The van der Waals surface area contributed by atoms with E-state index in [9.17, 15) is 18.0 Å². The fourth-order valence-corrected chi connectivity index (χ4v) is 3.21. The van der Waals surface area contributed by atoms with Crippen molar-refractivity contribution in [2.75, 3.05) is 13.7 Å². The standard InChI is InChI=1S/C18H23F3O4/c1-4-6-7-14-15(12-8-10-13(23-3)11-9-12)25-17(14,18(19,20)21)16(22)24-5-2/h8-11,14-15H,4-7H2,1-3H3/t14-,15+,17-/m1/s1. The maximum Gasteiger partial charge on any atom is 0.428 e. The zero-order valence-corrected chi connectivity index (χ0v) is 14.6. The summed E-state index contributed by atoms with van der Waals surface area (Å²) in [6.45, 7) is 3.23. The monoisotopic (exact) mass is 360 g/mol. The fourth-order valence-electron chi connectivity index (χ4n) is 3.21. The van der Waals surface area contributed by atoms with Gasteiger partial charge in [0.05, 0.1) is 19.8 Å². The lowest BCUT2D eigenvalue weighted by atomic mass is 9.71. The molecule has 7 heteroatoms. The van der Waals surface area contributed by atoms with E-state index in [0.29, 0.717) is 17.7 Å². The number of ether oxygens (including phenoxy) is 3. The lowest BCUT2D eigenvalue weighted by Gasteiger charge is -2.53. The molecule has 0 aliphatic carbocycles. The van der Waals surface area contributed by atoms with Crippen molar-refractivity contribution in [3.63, 3.8) is 0 Å². The molecule has 0 radical (unpaired) electrons. The van der Waals surface area contributed by atoms with E-state index in [2.05, 4.69) is 0 Å². The smallest absolute Gasteiger partial charge is 0.428 e. The Morgan fingerprint density at radius 2 is 1.88 bits per heavy atom. The van der Waals surface area contributed by atoms with Gasteiger partial charge in [-0.05, 0) is 31.0 Å². The van der Waals surface area contributed by atoms with Crippen LogP contribution in [0.5, 0.6) is 5.75 Å². The number of hydrogen-bond acceptors (Lipinski definition) is 4. The molecular formula is C18H23F3O4. The number of esters is 1. The first kappa shape index (κ1) is 19.6. The summed E-state index contributed by atoms with van der Waals surface area (Å²) < 4.78 is 56.3. The topological polar surface area (TPSA) is 44.8 Å². The summed E-state index contributed by atoms with van der Waals surface area (Å²) >= 11 is 0. The Balaban J connectivity index is 2.35. The minimum Gasteiger partial charge on any atom is -0.497 e. The summed E-state index contributed by atoms with van der Waals surface area (Å²) in [6, 6.07) is 6.64. The van der Waals surface area contributed by atoms with E-state index < -0.39 is 29.8 Å². The highest BCUT2D eigenvalue weighted by Crippen LogP contribution is 2.58. The highest BCUT2D eigenvalue weighted by atomic mass is 19.4. The van der Waals surface area contributed by atoms with Gasteiger partial charge in [-0.15, -0.1) is 0 Å². The number of hydrogen-bond donors (Lipinski definition) is 0. The van der Waals surface area contributed by atoms with E-state index in [1.807, 2.05) is 6.92 Å². The molecule has 1 aliphatic heterocycles. The Hall–Kier alpha value is -1.76. The van der Waals surface area contributed by atoms with Crippen molar-refractivity contribution in [3.05, 3.63) is 29.8 Å². The molecule has 4 nitrogen and oxygen atoms in total. The molecule has 0 spiro atoms. The Labute approximate surface area is 145 Å². The van der Waals surface area contributed by atoms with Crippen LogP contribution in [-0.4, -0.2) is 31.5 Å². The maximum atomic E-state index is 13.8. The van der Waals surface area contributed by atoms with Crippen LogP contribution < -0.4 is 4.74 Å². The lowest BCUT2D eigenvalue weighted by Crippen LogP contribution is -2.69. The highest BCUT2D eigenvalue weighted by molar-refractivity contribution is 5.82. The average Bonchev–Trinajstić information content (AvgIpc) is 2.54. The number of unbranched alkanes of at least 4 members (excludes halogenated alkanes) is 1. The number of carbonyl (C=O) groups excluding carboxylic acids is 1. The van der Waals surface area contributed by atoms with Crippen LogP contribution in [0.2, 0.25) is 0 Å². The predicted molar refractivity (Wildman–Crippen MR) is 85.3 cm³/mol. The quantitative estimate of drug-likeness (QED) is 0.675. The lowest BCUT2D eigenvalue weighted by molar-refractivity contribution is -0.375. The molecule has 25 heavy (non-hydrogen) atoms. The SMILES string of the molecule is CCCC[C@@H]1[C@H](c2ccc(OC)cc2)O[C@]1(C(=O)OCC)C(F)(F)F. The van der Waals surface area contributed by atoms with Gasteiger partial charge in [-0.3, -0.25) is 0 Å². The van der Waals surface area contributed by atoms with E-state index in [0.717, 1.165) is 6.42 Å². The van der Waals surface area contributed by atoms with Crippen LogP contribution >= 0.6 is 0 Å². The van der Waals surface area contributed by atoms with E-state index in [4.69, 9.17) is 14.2 Å². The van der Waals surface area contributed by atoms with Crippen molar-refractivity contribution in [1.29, 1.82) is 0 Å². The molecule has 1 fully saturated rings. The van der Waals surface area contributed by atoms with Gasteiger partial charge in [0.15, 0.2) is 0 Å². The van der Waals surface area contributed by atoms with Gasteiger partial charge >= 0.3 is 12.1 Å². The van der Waals surface area contributed by atoms with Gasteiger partial charge in [0, 0.05) is 5.92 Å². The van der Waals surface area contributed by atoms with Crippen LogP contribution in [0, 0.1) is 5.92 Å². The fraction of sp³-hybridized carbons (Fsp3) is 0.611. The number of rotatable bonds is 7. The van der Waals surface area contributed by atoms with Gasteiger partial charge in [-0.2, -0.15) is 13.2 Å². The summed E-state index contributed by atoms with van der Waals surface area (Å²) in [7, 11) is 1.51. The Morgan fingerprint density at radius 3 is 2.36 bits per heavy atom. The normalized spacial score (nSPS) is 26.0. The average molecular weight is 360 g/mol. The molecular weight excluding hydrogens is 337 g/mol. The zero-order valence-electron chi connectivity index (χ0n) is 14.6. The van der Waals surface area contributed by atoms with Gasteiger partial charge < -0.3 is 14.2 Å². The number of carbonyl (C=O) groups is 1. The first-order valence-electron chi connectivity index (χ1n) is 8.37.